The van der Waals surface area contributed by atoms with Crippen LogP contribution in [-0.2, 0) is 0 Å². The molecule has 32 heavy (non-hydrogen) atoms. The number of carboxylic acids is 1. The van der Waals surface area contributed by atoms with Gasteiger partial charge in [-0.15, -0.1) is 0 Å². The van der Waals surface area contributed by atoms with Crippen molar-refractivity contribution in [3.63, 3.8) is 0 Å². The molecule has 1 saturated heterocycles. The van der Waals surface area contributed by atoms with E-state index in [0.29, 0.717) is 11.3 Å². The maximum Gasteiger partial charge on any atom is 0.337 e. The molecule has 0 unspecified atom stereocenters. The molecule has 1 fully saturated rings. The molecule has 6 nitrogen and oxygen atoms in total. The number of piperazine rings is 1. The summed E-state index contributed by atoms with van der Waals surface area (Å²) in [5.41, 5.74) is 5.05. The molecule has 0 radical (unpaired) electrons. The fourth-order valence-electron chi connectivity index (χ4n) is 4.08. The Morgan fingerprint density at radius 3 is 2.06 bits per heavy atom. The molecule has 0 aliphatic carbocycles. The van der Waals surface area contributed by atoms with Crippen molar-refractivity contribution in [2.75, 3.05) is 41.3 Å². The van der Waals surface area contributed by atoms with Crippen molar-refractivity contribution >= 4 is 28.9 Å². The van der Waals surface area contributed by atoms with Crippen LogP contribution in [0, 0.1) is 13.8 Å². The summed E-state index contributed by atoms with van der Waals surface area (Å²) in [4.78, 5) is 29.1. The standard InChI is InChI=1S/C26H27N3O3/c1-18-6-5-8-20(16-18)28-12-14-29(15-13-28)21-10-11-24(23(17-21)26(31)32)27-25(30)22-9-4-3-7-19(22)2/h3-11,16-17H,12-15H2,1-2H3,(H,27,30)(H,31,32). The van der Waals surface area contributed by atoms with E-state index < -0.39 is 5.97 Å². The van der Waals surface area contributed by atoms with Crippen LogP contribution in [0.5, 0.6) is 0 Å². The van der Waals surface area contributed by atoms with Gasteiger partial charge in [0.15, 0.2) is 0 Å². The van der Waals surface area contributed by atoms with E-state index in [0.717, 1.165) is 37.4 Å². The Kier molecular flexibility index (Phi) is 6.12. The zero-order valence-corrected chi connectivity index (χ0v) is 18.3. The van der Waals surface area contributed by atoms with Crippen LogP contribution in [0.2, 0.25) is 0 Å². The van der Waals surface area contributed by atoms with Gasteiger partial charge in [-0.1, -0.05) is 30.3 Å². The first-order valence-corrected chi connectivity index (χ1v) is 10.7. The fourth-order valence-corrected chi connectivity index (χ4v) is 4.08. The first kappa shape index (κ1) is 21.4. The smallest absolute Gasteiger partial charge is 0.337 e. The van der Waals surface area contributed by atoms with Gasteiger partial charge in [0, 0.05) is 43.1 Å². The first-order chi connectivity index (χ1) is 15.4. The molecule has 0 spiro atoms. The van der Waals surface area contributed by atoms with Crippen molar-refractivity contribution in [3.8, 4) is 0 Å². The minimum absolute atomic E-state index is 0.0885. The molecule has 0 bridgehead atoms. The highest BCUT2D eigenvalue weighted by Gasteiger charge is 2.21. The summed E-state index contributed by atoms with van der Waals surface area (Å²) < 4.78 is 0. The third-order valence-corrected chi connectivity index (χ3v) is 5.88. The Morgan fingerprint density at radius 2 is 1.44 bits per heavy atom. The van der Waals surface area contributed by atoms with Crippen LogP contribution < -0.4 is 15.1 Å². The Labute approximate surface area is 188 Å². The van der Waals surface area contributed by atoms with Gasteiger partial charge in [0.25, 0.3) is 5.91 Å². The maximum atomic E-state index is 12.7. The van der Waals surface area contributed by atoms with Gasteiger partial charge in [-0.25, -0.2) is 4.79 Å². The summed E-state index contributed by atoms with van der Waals surface area (Å²) in [5, 5.41) is 12.5. The Morgan fingerprint density at radius 1 is 0.781 bits per heavy atom. The average molecular weight is 430 g/mol. The molecule has 1 aliphatic rings. The largest absolute Gasteiger partial charge is 0.478 e. The Hall–Kier alpha value is -3.80. The van der Waals surface area contributed by atoms with Gasteiger partial charge in [0.2, 0.25) is 0 Å². The number of rotatable bonds is 5. The SMILES string of the molecule is Cc1cccc(N2CCN(c3ccc(NC(=O)c4ccccc4C)c(C(=O)O)c3)CC2)c1. The van der Waals surface area contributed by atoms with E-state index in [9.17, 15) is 14.7 Å². The highest BCUT2D eigenvalue weighted by atomic mass is 16.4. The van der Waals surface area contributed by atoms with Crippen LogP contribution in [-0.4, -0.2) is 43.2 Å². The van der Waals surface area contributed by atoms with E-state index in [2.05, 4.69) is 46.3 Å². The number of amides is 1. The molecule has 0 aromatic heterocycles. The number of aromatic carboxylic acids is 1. The fraction of sp³-hybridized carbons (Fsp3) is 0.231. The summed E-state index contributed by atoms with van der Waals surface area (Å²) in [6.45, 7) is 7.25. The minimum Gasteiger partial charge on any atom is -0.478 e. The quantitative estimate of drug-likeness (QED) is 0.621. The third kappa shape index (κ3) is 4.59. The van der Waals surface area contributed by atoms with Gasteiger partial charge in [0.1, 0.15) is 0 Å². The highest BCUT2D eigenvalue weighted by Crippen LogP contribution is 2.26. The lowest BCUT2D eigenvalue weighted by Crippen LogP contribution is -2.46. The molecule has 1 heterocycles. The number of hydrogen-bond acceptors (Lipinski definition) is 4. The van der Waals surface area contributed by atoms with Gasteiger partial charge >= 0.3 is 5.97 Å². The molecule has 164 valence electrons. The van der Waals surface area contributed by atoms with Crippen LogP contribution in [0.15, 0.2) is 66.7 Å². The summed E-state index contributed by atoms with van der Waals surface area (Å²) in [7, 11) is 0. The molecule has 6 heteroatoms. The van der Waals surface area contributed by atoms with E-state index in [1.54, 1.807) is 24.3 Å². The Bertz CT molecular complexity index is 1150. The first-order valence-electron chi connectivity index (χ1n) is 10.7. The molecular weight excluding hydrogens is 402 g/mol. The van der Waals surface area contributed by atoms with Crippen molar-refractivity contribution in [3.05, 3.63) is 89.0 Å². The number of carboxylic acid groups (broad SMARTS) is 1. The molecule has 0 saturated carbocycles. The second kappa shape index (κ2) is 9.14. The molecule has 0 atom stereocenters. The Balaban J connectivity index is 1.49. The van der Waals surface area contributed by atoms with Gasteiger partial charge < -0.3 is 20.2 Å². The maximum absolute atomic E-state index is 12.7. The zero-order chi connectivity index (χ0) is 22.7. The number of nitrogens with one attached hydrogen (secondary N) is 1. The zero-order valence-electron chi connectivity index (χ0n) is 18.3. The lowest BCUT2D eigenvalue weighted by molar-refractivity contribution is 0.0698. The second-order valence-corrected chi connectivity index (χ2v) is 8.12. The molecular formula is C26H27N3O3. The summed E-state index contributed by atoms with van der Waals surface area (Å²) in [6.07, 6.45) is 0. The van der Waals surface area contributed by atoms with Crippen molar-refractivity contribution < 1.29 is 14.7 Å². The summed E-state index contributed by atoms with van der Waals surface area (Å²) in [6, 6.07) is 20.9. The van der Waals surface area contributed by atoms with Gasteiger partial charge in [-0.3, -0.25) is 4.79 Å². The van der Waals surface area contributed by atoms with E-state index in [-0.39, 0.29) is 11.5 Å². The molecule has 2 N–H and O–H groups in total. The van der Waals surface area contributed by atoms with Gasteiger partial charge in [-0.05, 0) is 61.4 Å². The van der Waals surface area contributed by atoms with Crippen molar-refractivity contribution in [2.45, 2.75) is 13.8 Å². The summed E-state index contributed by atoms with van der Waals surface area (Å²) >= 11 is 0. The topological polar surface area (TPSA) is 72.9 Å². The van der Waals surface area contributed by atoms with Gasteiger partial charge in [-0.2, -0.15) is 0 Å². The molecule has 3 aromatic carbocycles. The number of aryl methyl sites for hydroxylation is 2. The van der Waals surface area contributed by atoms with Crippen LogP contribution in [0.3, 0.4) is 0 Å². The number of nitrogens with zero attached hydrogens (tertiary/aromatic N) is 2. The highest BCUT2D eigenvalue weighted by molar-refractivity contribution is 6.08. The number of carbonyl (C=O) groups excluding carboxylic acids is 1. The predicted molar refractivity (Wildman–Crippen MR) is 128 cm³/mol. The monoisotopic (exact) mass is 429 g/mol. The van der Waals surface area contributed by atoms with Crippen LogP contribution >= 0.6 is 0 Å². The number of benzene rings is 3. The van der Waals surface area contributed by atoms with Gasteiger partial charge in [0.05, 0.1) is 11.3 Å². The minimum atomic E-state index is -1.06. The second-order valence-electron chi connectivity index (χ2n) is 8.12. The van der Waals surface area contributed by atoms with E-state index in [4.69, 9.17) is 0 Å². The van der Waals surface area contributed by atoms with Crippen LogP contribution in [0.4, 0.5) is 17.1 Å². The lowest BCUT2D eigenvalue weighted by atomic mass is 10.1. The number of carbonyl (C=O) groups is 2. The molecule has 3 aromatic rings. The van der Waals surface area contributed by atoms with E-state index in [1.807, 2.05) is 25.1 Å². The van der Waals surface area contributed by atoms with E-state index in [1.165, 1.54) is 11.3 Å². The molecule has 1 amide bonds. The van der Waals surface area contributed by atoms with Crippen molar-refractivity contribution in [2.24, 2.45) is 0 Å². The predicted octanol–water partition coefficient (Wildman–Crippen LogP) is 4.58. The normalized spacial score (nSPS) is 13.7. The average Bonchev–Trinajstić information content (AvgIpc) is 2.79. The van der Waals surface area contributed by atoms with Crippen LogP contribution in [0.1, 0.15) is 31.8 Å². The number of anilines is 3. The van der Waals surface area contributed by atoms with Crippen molar-refractivity contribution in [1.29, 1.82) is 0 Å². The third-order valence-electron chi connectivity index (χ3n) is 5.88. The molecule has 1 aliphatic heterocycles. The summed E-state index contributed by atoms with van der Waals surface area (Å²) in [5.74, 6) is -1.38. The lowest BCUT2D eigenvalue weighted by Gasteiger charge is -2.37. The van der Waals surface area contributed by atoms with Crippen molar-refractivity contribution in [1.82, 2.24) is 0 Å². The number of hydrogen-bond donors (Lipinski definition) is 2. The molecule has 4 rings (SSSR count). The van der Waals surface area contributed by atoms with Crippen LogP contribution in [0.25, 0.3) is 0 Å². The van der Waals surface area contributed by atoms with E-state index >= 15 is 0 Å².